The van der Waals surface area contributed by atoms with Gasteiger partial charge in [-0.2, -0.15) is 5.10 Å². The minimum absolute atomic E-state index is 0.00394. The predicted octanol–water partition coefficient (Wildman–Crippen LogP) is 1.45. The molecule has 6 nitrogen and oxygen atoms in total. The lowest BCUT2D eigenvalue weighted by molar-refractivity contribution is 0.0692. The molecule has 3 aromatic rings. The Hall–Kier alpha value is -2.15. The number of nitrogen functional groups attached to an aromatic ring is 1. The summed E-state index contributed by atoms with van der Waals surface area (Å²) in [5.41, 5.74) is 6.98. The van der Waals surface area contributed by atoms with Crippen molar-refractivity contribution in [3.63, 3.8) is 0 Å². The normalized spacial score (nSPS) is 11.2. The first-order valence-corrected chi connectivity index (χ1v) is 5.25. The number of anilines is 1. The molecule has 0 atom stereocenters. The third-order valence-electron chi connectivity index (χ3n) is 2.30. The smallest absolute Gasteiger partial charge is 0.357 e. The number of hydrogen-bond donors (Lipinski definition) is 3. The van der Waals surface area contributed by atoms with Gasteiger partial charge in [0.15, 0.2) is 10.8 Å². The van der Waals surface area contributed by atoms with Crippen molar-refractivity contribution in [2.75, 3.05) is 5.73 Å². The summed E-state index contributed by atoms with van der Waals surface area (Å²) < 4.78 is 0.751. The van der Waals surface area contributed by atoms with E-state index < -0.39 is 5.97 Å². The van der Waals surface area contributed by atoms with Crippen molar-refractivity contribution in [3.05, 3.63) is 17.8 Å². The number of carboxylic acids is 1. The van der Waals surface area contributed by atoms with Crippen LogP contribution < -0.4 is 5.73 Å². The van der Waals surface area contributed by atoms with Gasteiger partial charge in [0.25, 0.3) is 0 Å². The Labute approximate surface area is 92.7 Å². The second-order valence-corrected chi connectivity index (χ2v) is 4.30. The summed E-state index contributed by atoms with van der Waals surface area (Å²) in [7, 11) is 0. The molecule has 4 N–H and O–H groups in total. The molecule has 2 aromatic heterocycles. The predicted molar refractivity (Wildman–Crippen MR) is 60.6 cm³/mol. The van der Waals surface area contributed by atoms with Crippen molar-refractivity contribution in [1.29, 1.82) is 0 Å². The average molecular weight is 234 g/mol. The Morgan fingerprint density at radius 2 is 2.31 bits per heavy atom. The summed E-state index contributed by atoms with van der Waals surface area (Å²) in [5, 5.41) is 16.4. The molecule has 1 aromatic carbocycles. The van der Waals surface area contributed by atoms with Gasteiger partial charge in [-0.3, -0.25) is 5.10 Å². The maximum atomic E-state index is 11.0. The maximum absolute atomic E-state index is 11.0. The third kappa shape index (κ3) is 1.09. The molecule has 0 aliphatic heterocycles. The molecule has 80 valence electrons. The first-order valence-electron chi connectivity index (χ1n) is 4.43. The summed E-state index contributed by atoms with van der Waals surface area (Å²) in [5.74, 6) is -1.06. The molecule has 0 aliphatic carbocycles. The van der Waals surface area contributed by atoms with Gasteiger partial charge in [-0.1, -0.05) is 11.3 Å². The van der Waals surface area contributed by atoms with Crippen LogP contribution in [0.15, 0.2) is 12.1 Å². The number of aromatic carboxylic acids is 1. The van der Waals surface area contributed by atoms with E-state index in [9.17, 15) is 4.79 Å². The Kier molecular flexibility index (Phi) is 1.66. The summed E-state index contributed by atoms with van der Waals surface area (Å²) in [4.78, 5) is 15.1. The van der Waals surface area contributed by atoms with E-state index in [4.69, 9.17) is 10.8 Å². The zero-order valence-electron chi connectivity index (χ0n) is 7.89. The minimum Gasteiger partial charge on any atom is -0.476 e. The number of thiazole rings is 1. The Morgan fingerprint density at radius 3 is 3.06 bits per heavy atom. The molecule has 0 unspecified atom stereocenters. The van der Waals surface area contributed by atoms with Gasteiger partial charge in [0.1, 0.15) is 0 Å². The SMILES string of the molecule is Nc1nc2ccc3[nH]nc(C(=O)O)c3c2s1. The second-order valence-electron chi connectivity index (χ2n) is 3.27. The maximum Gasteiger partial charge on any atom is 0.357 e. The van der Waals surface area contributed by atoms with Crippen LogP contribution in [-0.4, -0.2) is 26.3 Å². The van der Waals surface area contributed by atoms with Gasteiger partial charge in [0.05, 0.1) is 21.1 Å². The molecule has 16 heavy (non-hydrogen) atoms. The van der Waals surface area contributed by atoms with E-state index in [0.29, 0.717) is 21.6 Å². The van der Waals surface area contributed by atoms with Gasteiger partial charge in [-0.05, 0) is 12.1 Å². The monoisotopic (exact) mass is 234 g/mol. The van der Waals surface area contributed by atoms with Crippen molar-refractivity contribution in [2.24, 2.45) is 0 Å². The van der Waals surface area contributed by atoms with Crippen molar-refractivity contribution in [2.45, 2.75) is 0 Å². The van der Waals surface area contributed by atoms with Gasteiger partial charge in [0.2, 0.25) is 0 Å². The van der Waals surface area contributed by atoms with E-state index in [-0.39, 0.29) is 5.69 Å². The molecule has 0 bridgehead atoms. The van der Waals surface area contributed by atoms with Crippen LogP contribution >= 0.6 is 11.3 Å². The number of carboxylic acid groups (broad SMARTS) is 1. The summed E-state index contributed by atoms with van der Waals surface area (Å²) in [6.07, 6.45) is 0. The summed E-state index contributed by atoms with van der Waals surface area (Å²) in [6.45, 7) is 0. The van der Waals surface area contributed by atoms with Gasteiger partial charge in [-0.15, -0.1) is 0 Å². The average Bonchev–Trinajstić information content (AvgIpc) is 2.77. The van der Waals surface area contributed by atoms with Crippen LogP contribution in [-0.2, 0) is 0 Å². The summed E-state index contributed by atoms with van der Waals surface area (Å²) >= 11 is 1.26. The van der Waals surface area contributed by atoms with E-state index in [1.165, 1.54) is 11.3 Å². The fraction of sp³-hybridized carbons (Fsp3) is 0. The van der Waals surface area contributed by atoms with Gasteiger partial charge in [-0.25, -0.2) is 9.78 Å². The molecular weight excluding hydrogens is 228 g/mol. The number of benzene rings is 1. The van der Waals surface area contributed by atoms with Gasteiger partial charge >= 0.3 is 5.97 Å². The summed E-state index contributed by atoms with van der Waals surface area (Å²) in [6, 6.07) is 3.53. The van der Waals surface area contributed by atoms with Crippen LogP contribution in [0, 0.1) is 0 Å². The number of carbonyl (C=O) groups is 1. The van der Waals surface area contributed by atoms with Crippen LogP contribution in [0.1, 0.15) is 10.5 Å². The molecular formula is C9H6N4O2S. The van der Waals surface area contributed by atoms with E-state index in [0.717, 1.165) is 4.70 Å². The van der Waals surface area contributed by atoms with Crippen LogP contribution in [0.5, 0.6) is 0 Å². The number of nitrogens with zero attached hydrogens (tertiary/aromatic N) is 2. The van der Waals surface area contributed by atoms with E-state index >= 15 is 0 Å². The van der Waals surface area contributed by atoms with Crippen molar-refractivity contribution in [1.82, 2.24) is 15.2 Å². The van der Waals surface area contributed by atoms with Crippen molar-refractivity contribution >= 4 is 43.6 Å². The number of fused-ring (bicyclic) bond motifs is 3. The fourth-order valence-corrected chi connectivity index (χ4v) is 2.54. The highest BCUT2D eigenvalue weighted by molar-refractivity contribution is 7.23. The number of aromatic nitrogens is 3. The molecule has 0 fully saturated rings. The molecule has 7 heteroatoms. The van der Waals surface area contributed by atoms with Crippen molar-refractivity contribution < 1.29 is 9.90 Å². The van der Waals surface area contributed by atoms with Crippen LogP contribution in [0.3, 0.4) is 0 Å². The van der Waals surface area contributed by atoms with E-state index in [2.05, 4.69) is 15.2 Å². The zero-order chi connectivity index (χ0) is 11.3. The highest BCUT2D eigenvalue weighted by Crippen LogP contribution is 2.32. The Balaban J connectivity index is 2.55. The van der Waals surface area contributed by atoms with Crippen LogP contribution in [0.2, 0.25) is 0 Å². The number of nitrogens with two attached hydrogens (primary N) is 1. The van der Waals surface area contributed by atoms with Crippen LogP contribution in [0.4, 0.5) is 5.13 Å². The molecule has 2 heterocycles. The highest BCUT2D eigenvalue weighted by atomic mass is 32.1. The molecule has 0 amide bonds. The number of rotatable bonds is 1. The van der Waals surface area contributed by atoms with E-state index in [1.807, 2.05) is 0 Å². The zero-order valence-corrected chi connectivity index (χ0v) is 8.71. The topological polar surface area (TPSA) is 105 Å². The van der Waals surface area contributed by atoms with Gasteiger partial charge < -0.3 is 10.8 Å². The van der Waals surface area contributed by atoms with Crippen LogP contribution in [0.25, 0.3) is 21.1 Å². The Morgan fingerprint density at radius 1 is 1.50 bits per heavy atom. The third-order valence-corrected chi connectivity index (χ3v) is 3.22. The molecule has 0 radical (unpaired) electrons. The minimum atomic E-state index is -1.06. The first kappa shape index (κ1) is 9.10. The first-order chi connectivity index (χ1) is 7.66. The number of H-pyrrole nitrogens is 1. The largest absolute Gasteiger partial charge is 0.476 e. The lowest BCUT2D eigenvalue weighted by Gasteiger charge is -1.91. The standard InChI is InChI=1S/C9H6N4O2S/c10-9-11-4-2-1-3-5(7(4)16-9)6(8(14)15)13-12-3/h1-2H,(H2,10,11)(H,12,13)(H,14,15). The van der Waals surface area contributed by atoms with Crippen molar-refractivity contribution in [3.8, 4) is 0 Å². The molecule has 0 spiro atoms. The van der Waals surface area contributed by atoms with E-state index in [1.54, 1.807) is 12.1 Å². The molecule has 0 saturated carbocycles. The molecule has 3 rings (SSSR count). The second kappa shape index (κ2) is 2.92. The number of aromatic amines is 1. The molecule has 0 aliphatic rings. The lowest BCUT2D eigenvalue weighted by atomic mass is 10.2. The fourth-order valence-electron chi connectivity index (χ4n) is 1.66. The number of nitrogens with one attached hydrogen (secondary N) is 1. The Bertz CT molecular complexity index is 715. The number of hydrogen-bond acceptors (Lipinski definition) is 5. The van der Waals surface area contributed by atoms with Gasteiger partial charge in [0, 0.05) is 0 Å². The molecule has 0 saturated heterocycles. The lowest BCUT2D eigenvalue weighted by Crippen LogP contribution is -1.96. The highest BCUT2D eigenvalue weighted by Gasteiger charge is 2.17. The quantitative estimate of drug-likeness (QED) is 0.591.